The lowest BCUT2D eigenvalue weighted by Gasteiger charge is -2.22. The Morgan fingerprint density at radius 3 is 1.07 bits per heavy atom. The van der Waals surface area contributed by atoms with E-state index in [0.717, 1.165) is 44.9 Å². The molecule has 0 rings (SSSR count). The number of rotatable bonds is 57. The van der Waals surface area contributed by atoms with Crippen molar-refractivity contribution in [1.82, 2.24) is 5.32 Å². The minimum Gasteiger partial charge on any atom is -0.466 e. The van der Waals surface area contributed by atoms with E-state index in [9.17, 15) is 19.8 Å². The van der Waals surface area contributed by atoms with Gasteiger partial charge in [-0.05, 0) is 77.0 Å². The number of hydrogen-bond donors (Lipinski definition) is 3. The Bertz CT molecular complexity index is 1060. The maximum Gasteiger partial charge on any atom is 0.305 e. The van der Waals surface area contributed by atoms with Crippen molar-refractivity contribution >= 4 is 11.9 Å². The third-order valence-electron chi connectivity index (χ3n) is 14.2. The molecule has 0 aromatic carbocycles. The summed E-state index contributed by atoms with van der Waals surface area (Å²) >= 11 is 0. The molecule has 0 aromatic rings. The SMILES string of the molecule is CCCCC/C=C\CCCCCCCC(=O)OCCCCCCCCCCCCC/C=C\CCCCCCCCCC(=O)NC(CO)C(O)CCCCCCCCCCCCCCCCCCC. The Hall–Kier alpha value is -1.66. The summed E-state index contributed by atoms with van der Waals surface area (Å²) in [5.74, 6) is -0.0396. The summed E-state index contributed by atoms with van der Waals surface area (Å²) in [6.07, 6.45) is 70.4. The van der Waals surface area contributed by atoms with Gasteiger partial charge in [-0.1, -0.05) is 269 Å². The van der Waals surface area contributed by atoms with E-state index in [1.54, 1.807) is 0 Å². The van der Waals surface area contributed by atoms with Gasteiger partial charge >= 0.3 is 5.97 Å². The number of unbranched alkanes of at least 4 members (excludes halogenated alkanes) is 42. The highest BCUT2D eigenvalue weighted by Crippen LogP contribution is 2.17. The van der Waals surface area contributed by atoms with E-state index in [0.29, 0.717) is 25.9 Å². The molecule has 0 aromatic heterocycles. The zero-order chi connectivity index (χ0) is 49.3. The first-order chi connectivity index (χ1) is 33.5. The second-order valence-corrected chi connectivity index (χ2v) is 21.0. The van der Waals surface area contributed by atoms with Crippen LogP contribution >= 0.6 is 0 Å². The van der Waals surface area contributed by atoms with Crippen LogP contribution in [0.25, 0.3) is 0 Å². The number of ether oxygens (including phenoxy) is 1. The van der Waals surface area contributed by atoms with Crippen LogP contribution in [-0.2, 0) is 14.3 Å². The van der Waals surface area contributed by atoms with Crippen molar-refractivity contribution in [2.45, 2.75) is 347 Å². The van der Waals surface area contributed by atoms with Crippen LogP contribution in [0.15, 0.2) is 24.3 Å². The van der Waals surface area contributed by atoms with E-state index in [4.69, 9.17) is 4.74 Å². The van der Waals surface area contributed by atoms with Crippen LogP contribution in [0.4, 0.5) is 0 Å². The van der Waals surface area contributed by atoms with Gasteiger partial charge in [-0.2, -0.15) is 0 Å². The number of hydrogen-bond acceptors (Lipinski definition) is 5. The van der Waals surface area contributed by atoms with Gasteiger partial charge in [0.05, 0.1) is 25.4 Å². The summed E-state index contributed by atoms with van der Waals surface area (Å²) in [6, 6.07) is -0.546. The molecule has 0 heterocycles. The molecule has 6 nitrogen and oxygen atoms in total. The highest BCUT2D eigenvalue weighted by atomic mass is 16.5. The average Bonchev–Trinajstić information content (AvgIpc) is 3.34. The van der Waals surface area contributed by atoms with Crippen molar-refractivity contribution in [3.8, 4) is 0 Å². The second kappa shape index (κ2) is 57.9. The van der Waals surface area contributed by atoms with E-state index >= 15 is 0 Å². The topological polar surface area (TPSA) is 95.9 Å². The monoisotopic (exact) mass is 958 g/mol. The average molecular weight is 959 g/mol. The number of aliphatic hydroxyl groups excluding tert-OH is 2. The van der Waals surface area contributed by atoms with Crippen LogP contribution in [0.5, 0.6) is 0 Å². The maximum absolute atomic E-state index is 12.5. The quantitative estimate of drug-likeness (QED) is 0.0321. The first-order valence-electron chi connectivity index (χ1n) is 30.6. The second-order valence-electron chi connectivity index (χ2n) is 21.0. The fraction of sp³-hybridized carbons (Fsp3) is 0.903. The molecular formula is C62H119NO5. The Kier molecular flexibility index (Phi) is 56.5. The minimum atomic E-state index is -0.669. The van der Waals surface area contributed by atoms with Crippen LogP contribution in [0, 0.1) is 0 Å². The first-order valence-corrected chi connectivity index (χ1v) is 30.6. The summed E-state index contributed by atoms with van der Waals surface area (Å²) in [4.78, 5) is 24.5. The van der Waals surface area contributed by atoms with Crippen molar-refractivity contribution in [2.24, 2.45) is 0 Å². The smallest absolute Gasteiger partial charge is 0.305 e. The molecule has 402 valence electrons. The van der Waals surface area contributed by atoms with Crippen molar-refractivity contribution in [3.63, 3.8) is 0 Å². The lowest BCUT2D eigenvalue weighted by Crippen LogP contribution is -2.45. The lowest BCUT2D eigenvalue weighted by molar-refractivity contribution is -0.143. The Balaban J connectivity index is 3.42. The van der Waals surface area contributed by atoms with E-state index in [1.807, 2.05) is 0 Å². The van der Waals surface area contributed by atoms with Crippen LogP contribution in [0.3, 0.4) is 0 Å². The molecule has 6 heteroatoms. The third-order valence-corrected chi connectivity index (χ3v) is 14.2. The number of nitrogens with one attached hydrogen (secondary N) is 1. The molecule has 0 aliphatic carbocycles. The van der Waals surface area contributed by atoms with Gasteiger partial charge in [-0.3, -0.25) is 9.59 Å². The molecule has 0 aliphatic rings. The molecule has 0 fully saturated rings. The molecular weight excluding hydrogens is 839 g/mol. The summed E-state index contributed by atoms with van der Waals surface area (Å²) in [6.45, 7) is 4.94. The molecule has 68 heavy (non-hydrogen) atoms. The summed E-state index contributed by atoms with van der Waals surface area (Å²) in [5, 5.41) is 23.3. The number of amides is 1. The summed E-state index contributed by atoms with van der Waals surface area (Å²) < 4.78 is 5.46. The summed E-state index contributed by atoms with van der Waals surface area (Å²) in [5.41, 5.74) is 0. The van der Waals surface area contributed by atoms with E-state index < -0.39 is 12.1 Å². The fourth-order valence-corrected chi connectivity index (χ4v) is 9.51. The highest BCUT2D eigenvalue weighted by Gasteiger charge is 2.20. The lowest BCUT2D eigenvalue weighted by atomic mass is 10.0. The van der Waals surface area contributed by atoms with E-state index in [1.165, 1.54) is 257 Å². The summed E-state index contributed by atoms with van der Waals surface area (Å²) in [7, 11) is 0. The molecule has 0 bridgehead atoms. The van der Waals surface area contributed by atoms with Crippen LogP contribution in [0.1, 0.15) is 335 Å². The van der Waals surface area contributed by atoms with Crippen molar-refractivity contribution in [2.75, 3.05) is 13.2 Å². The van der Waals surface area contributed by atoms with Crippen LogP contribution < -0.4 is 5.32 Å². The predicted molar refractivity (Wildman–Crippen MR) is 296 cm³/mol. The van der Waals surface area contributed by atoms with Gasteiger partial charge < -0.3 is 20.3 Å². The number of carbonyl (C=O) groups is 2. The van der Waals surface area contributed by atoms with Gasteiger partial charge in [-0.25, -0.2) is 0 Å². The van der Waals surface area contributed by atoms with E-state index in [2.05, 4.69) is 43.5 Å². The highest BCUT2D eigenvalue weighted by molar-refractivity contribution is 5.76. The van der Waals surface area contributed by atoms with Gasteiger partial charge in [0.1, 0.15) is 0 Å². The van der Waals surface area contributed by atoms with Gasteiger partial charge in [-0.15, -0.1) is 0 Å². The van der Waals surface area contributed by atoms with E-state index in [-0.39, 0.29) is 18.5 Å². The molecule has 0 aliphatic heterocycles. The maximum atomic E-state index is 12.5. The van der Waals surface area contributed by atoms with Crippen molar-refractivity contribution in [3.05, 3.63) is 24.3 Å². The first kappa shape index (κ1) is 66.3. The predicted octanol–water partition coefficient (Wildman–Crippen LogP) is 19.0. The molecule has 0 spiro atoms. The Labute approximate surface area is 424 Å². The minimum absolute atomic E-state index is 0.000152. The van der Waals surface area contributed by atoms with Crippen LogP contribution in [-0.4, -0.2) is 47.4 Å². The Morgan fingerprint density at radius 1 is 0.397 bits per heavy atom. The van der Waals surface area contributed by atoms with Crippen LogP contribution in [0.2, 0.25) is 0 Å². The molecule has 1 amide bonds. The molecule has 2 unspecified atom stereocenters. The van der Waals surface area contributed by atoms with Gasteiger partial charge in [0.2, 0.25) is 5.91 Å². The van der Waals surface area contributed by atoms with Crippen molar-refractivity contribution < 1.29 is 24.5 Å². The normalized spacial score (nSPS) is 12.7. The van der Waals surface area contributed by atoms with Gasteiger partial charge in [0.25, 0.3) is 0 Å². The molecule has 0 saturated heterocycles. The number of allylic oxidation sites excluding steroid dienone is 4. The van der Waals surface area contributed by atoms with Gasteiger partial charge in [0.15, 0.2) is 0 Å². The molecule has 0 radical (unpaired) electrons. The zero-order valence-electron chi connectivity index (χ0n) is 45.9. The Morgan fingerprint density at radius 2 is 0.691 bits per heavy atom. The molecule has 0 saturated carbocycles. The van der Waals surface area contributed by atoms with Gasteiger partial charge in [0, 0.05) is 12.8 Å². The number of esters is 1. The standard InChI is InChI=1S/C62H119NO5/c1-3-5-7-9-11-13-15-17-18-25-28-31-34-38-42-46-50-54-60(65)59(58-64)63-61(66)55-51-47-43-39-35-32-29-26-23-21-19-20-22-24-27-30-33-37-41-45-49-53-57-68-62(67)56-52-48-44-40-36-16-14-12-10-8-6-4-2/h12,14,21,23,59-60,64-65H,3-11,13,15-20,22,24-58H2,1-2H3,(H,63,66)/b14-12-,23-21-. The third kappa shape index (κ3) is 53.7. The molecule has 2 atom stereocenters. The van der Waals surface area contributed by atoms with Crippen molar-refractivity contribution in [1.29, 1.82) is 0 Å². The molecule has 3 N–H and O–H groups in total. The number of aliphatic hydroxyl groups is 2. The zero-order valence-corrected chi connectivity index (χ0v) is 45.9. The number of carbonyl (C=O) groups excluding carboxylic acids is 2. The largest absolute Gasteiger partial charge is 0.466 e. The fourth-order valence-electron chi connectivity index (χ4n) is 9.51.